The smallest absolute Gasteiger partial charge is 0.325 e. The Kier molecular flexibility index (Phi) is 12.6. The number of amides is 2. The molecule has 0 spiro atoms. The summed E-state index contributed by atoms with van der Waals surface area (Å²) in [7, 11) is 0. The van der Waals surface area contributed by atoms with Crippen molar-refractivity contribution in [3.05, 3.63) is 106 Å². The molecule has 1 aliphatic heterocycles. The monoisotopic (exact) mass is 788 g/mol. The predicted octanol–water partition coefficient (Wildman–Crippen LogP) is 6.47. The number of aromatic nitrogens is 2. The molecular weight excluding hydrogens is 737 g/mol. The van der Waals surface area contributed by atoms with Gasteiger partial charge in [-0.05, 0) is 146 Å². The fourth-order valence-electron chi connectivity index (χ4n) is 7.95. The van der Waals surface area contributed by atoms with Crippen LogP contribution in [0.1, 0.15) is 118 Å². The van der Waals surface area contributed by atoms with E-state index in [1.807, 2.05) is 67.3 Å². The summed E-state index contributed by atoms with van der Waals surface area (Å²) < 4.78 is 5.05. The molecule has 13 heteroatoms. The van der Waals surface area contributed by atoms with Gasteiger partial charge < -0.3 is 25.6 Å². The highest BCUT2D eigenvalue weighted by Gasteiger charge is 2.33. The van der Waals surface area contributed by atoms with Crippen LogP contribution in [0.4, 0.5) is 11.4 Å². The van der Waals surface area contributed by atoms with Gasteiger partial charge in [0.1, 0.15) is 23.5 Å². The number of pyridine rings is 2. The zero-order valence-electron chi connectivity index (χ0n) is 33.3. The van der Waals surface area contributed by atoms with Gasteiger partial charge in [0.05, 0.1) is 13.2 Å². The highest BCUT2D eigenvalue weighted by Crippen LogP contribution is 2.43. The van der Waals surface area contributed by atoms with Gasteiger partial charge in [-0.25, -0.2) is 0 Å². The summed E-state index contributed by atoms with van der Waals surface area (Å²) >= 11 is 0. The molecule has 0 radical (unpaired) electrons. The molecule has 58 heavy (non-hydrogen) atoms. The maximum atomic E-state index is 13.7. The Morgan fingerprint density at radius 2 is 1.36 bits per heavy atom. The number of carboxylic acid groups (broad SMARTS) is 1. The van der Waals surface area contributed by atoms with Crippen LogP contribution in [0, 0.1) is 13.8 Å². The van der Waals surface area contributed by atoms with Crippen molar-refractivity contribution in [2.24, 2.45) is 0 Å². The Morgan fingerprint density at radius 1 is 0.810 bits per heavy atom. The molecule has 5 N–H and O–H groups in total. The minimum absolute atomic E-state index is 0.220. The van der Waals surface area contributed by atoms with E-state index in [2.05, 4.69) is 25.9 Å². The molecule has 2 aromatic carbocycles. The SMILES string of the molecule is CCOC(=O)[C@H](CO)NCc1cnc(C(=O)Nc2cccc(-c3cccc(NC(=O)c4cc(C5CC5)c(CN5CCCC[C@H]5C(=O)O)cn4)c3C)c2C)cc1C1CC1. The van der Waals surface area contributed by atoms with Gasteiger partial charge in [0.25, 0.3) is 11.8 Å². The molecule has 3 aliphatic rings. The predicted molar refractivity (Wildman–Crippen MR) is 220 cm³/mol. The van der Waals surface area contributed by atoms with Crippen molar-refractivity contribution >= 4 is 35.1 Å². The molecule has 2 atom stereocenters. The van der Waals surface area contributed by atoms with Gasteiger partial charge in [-0.1, -0.05) is 30.7 Å². The van der Waals surface area contributed by atoms with Crippen LogP contribution in [0.5, 0.6) is 0 Å². The number of carbonyl (C=O) groups excluding carboxylic acids is 3. The van der Waals surface area contributed by atoms with E-state index in [9.17, 15) is 29.4 Å². The van der Waals surface area contributed by atoms with E-state index in [-0.39, 0.29) is 24.1 Å². The summed E-state index contributed by atoms with van der Waals surface area (Å²) in [4.78, 5) is 62.5. The van der Waals surface area contributed by atoms with Gasteiger partial charge in [0, 0.05) is 36.9 Å². The number of carboxylic acids is 1. The molecule has 2 amide bonds. The average Bonchev–Trinajstić information content (AvgIpc) is 4.16. The van der Waals surface area contributed by atoms with E-state index in [0.717, 1.165) is 89.6 Å². The summed E-state index contributed by atoms with van der Waals surface area (Å²) in [5.41, 5.74) is 9.30. The lowest BCUT2D eigenvalue weighted by molar-refractivity contribution is -0.147. The maximum Gasteiger partial charge on any atom is 0.325 e. The molecule has 304 valence electrons. The van der Waals surface area contributed by atoms with Crippen LogP contribution in [0.2, 0.25) is 0 Å². The fourth-order valence-corrected chi connectivity index (χ4v) is 7.95. The lowest BCUT2D eigenvalue weighted by Crippen LogP contribution is -2.44. The Balaban J connectivity index is 1.05. The minimum atomic E-state index is -0.854. The second kappa shape index (κ2) is 18.0. The van der Waals surface area contributed by atoms with Gasteiger partial charge in [-0.3, -0.25) is 39.4 Å². The number of aliphatic hydroxyl groups excluding tert-OH is 1. The number of anilines is 2. The van der Waals surface area contributed by atoms with E-state index in [4.69, 9.17) is 4.74 Å². The topological polar surface area (TPSA) is 183 Å². The van der Waals surface area contributed by atoms with Crippen molar-refractivity contribution in [3.8, 4) is 11.1 Å². The number of hydrogen-bond acceptors (Lipinski definition) is 10. The minimum Gasteiger partial charge on any atom is -0.480 e. The number of benzene rings is 2. The first-order valence-electron chi connectivity index (χ1n) is 20.3. The van der Waals surface area contributed by atoms with Gasteiger partial charge >= 0.3 is 11.9 Å². The largest absolute Gasteiger partial charge is 0.480 e. The number of nitrogens with one attached hydrogen (secondary N) is 3. The van der Waals surface area contributed by atoms with Crippen LogP contribution in [-0.4, -0.2) is 80.7 Å². The zero-order chi connectivity index (χ0) is 40.9. The molecule has 2 aromatic heterocycles. The average molecular weight is 789 g/mol. The molecule has 2 saturated carbocycles. The number of aliphatic hydroxyl groups is 1. The van der Waals surface area contributed by atoms with E-state index in [1.165, 1.54) is 0 Å². The molecule has 1 saturated heterocycles. The number of carbonyl (C=O) groups is 4. The molecule has 0 unspecified atom stereocenters. The first-order valence-corrected chi connectivity index (χ1v) is 20.3. The Morgan fingerprint density at radius 3 is 1.88 bits per heavy atom. The maximum absolute atomic E-state index is 13.7. The van der Waals surface area contributed by atoms with Gasteiger partial charge in [-0.15, -0.1) is 0 Å². The second-order valence-electron chi connectivity index (χ2n) is 15.6. The van der Waals surface area contributed by atoms with Crippen molar-refractivity contribution in [3.63, 3.8) is 0 Å². The molecule has 0 bridgehead atoms. The quantitative estimate of drug-likeness (QED) is 0.0785. The molecule has 3 fully saturated rings. The number of aliphatic carboxylic acids is 1. The third-order valence-corrected chi connectivity index (χ3v) is 11.6. The summed E-state index contributed by atoms with van der Waals surface area (Å²) in [5, 5.41) is 28.7. The van der Waals surface area contributed by atoms with Gasteiger partial charge in [0.2, 0.25) is 0 Å². The number of nitrogens with zero attached hydrogens (tertiary/aromatic N) is 3. The van der Waals surface area contributed by atoms with Crippen molar-refractivity contribution in [1.82, 2.24) is 20.2 Å². The van der Waals surface area contributed by atoms with E-state index < -0.39 is 30.6 Å². The highest BCUT2D eigenvalue weighted by atomic mass is 16.5. The molecular formula is C45H52N6O7. The van der Waals surface area contributed by atoms with Crippen molar-refractivity contribution < 1.29 is 34.1 Å². The summed E-state index contributed by atoms with van der Waals surface area (Å²) in [6.45, 7) is 6.97. The first-order chi connectivity index (χ1) is 28.1. The summed E-state index contributed by atoms with van der Waals surface area (Å²) in [6, 6.07) is 13.8. The van der Waals surface area contributed by atoms with Crippen molar-refractivity contribution in [2.45, 2.75) is 103 Å². The number of ether oxygens (including phenoxy) is 1. The van der Waals surface area contributed by atoms with Crippen LogP contribution in [0.3, 0.4) is 0 Å². The standard InChI is InChI=1S/C45H52N6O7/c1-4-58-45(57)40(25-52)48-22-30-21-46-38(19-34(30)28-14-15-28)42(53)49-36-11-7-9-32(26(36)2)33-10-8-12-37(27(33)3)50-43(54)39-20-35(29-16-17-29)31(23-47-39)24-51-18-6-5-13-41(51)44(55)56/h7-12,19-21,23,28-29,40-41,48,52H,4-6,13-18,22,24-25H2,1-3H3,(H,49,53)(H,50,54)(H,55,56)/t40-,41-/m0/s1. The van der Waals surface area contributed by atoms with E-state index in [1.54, 1.807) is 19.3 Å². The molecule has 7 rings (SSSR count). The number of likely N-dealkylation sites (tertiary alicyclic amines) is 1. The third kappa shape index (κ3) is 9.28. The molecule has 13 nitrogen and oxygen atoms in total. The second-order valence-corrected chi connectivity index (χ2v) is 15.6. The Bertz CT molecular complexity index is 2200. The van der Waals surface area contributed by atoms with Crippen LogP contribution in [0.15, 0.2) is 60.9 Å². The highest BCUT2D eigenvalue weighted by molar-refractivity contribution is 6.05. The molecule has 2 aliphatic carbocycles. The van der Waals surface area contributed by atoms with Crippen molar-refractivity contribution in [1.29, 1.82) is 0 Å². The van der Waals surface area contributed by atoms with Crippen LogP contribution in [0.25, 0.3) is 11.1 Å². The zero-order valence-corrected chi connectivity index (χ0v) is 33.3. The molecule has 4 aromatic rings. The summed E-state index contributed by atoms with van der Waals surface area (Å²) in [6.07, 6.45) is 9.99. The fraction of sp³-hybridized carbons (Fsp3) is 0.422. The van der Waals surface area contributed by atoms with Crippen molar-refractivity contribution in [2.75, 3.05) is 30.4 Å². The Labute approximate surface area is 338 Å². The van der Waals surface area contributed by atoms with E-state index in [0.29, 0.717) is 48.4 Å². The number of rotatable bonds is 16. The van der Waals surface area contributed by atoms with E-state index >= 15 is 0 Å². The van der Waals surface area contributed by atoms with Crippen LogP contribution >= 0.6 is 0 Å². The van der Waals surface area contributed by atoms with Gasteiger partial charge in [0.15, 0.2) is 0 Å². The molecule has 3 heterocycles. The normalized spacial score (nSPS) is 17.3. The first kappa shape index (κ1) is 40.7. The van der Waals surface area contributed by atoms with Crippen LogP contribution in [-0.2, 0) is 27.4 Å². The summed E-state index contributed by atoms with van der Waals surface area (Å²) in [5.74, 6) is -1.33. The van der Waals surface area contributed by atoms with Gasteiger partial charge in [-0.2, -0.15) is 0 Å². The Hall–Kier alpha value is -5.50. The lowest BCUT2D eigenvalue weighted by Gasteiger charge is -2.33. The number of piperidine rings is 1. The number of esters is 1. The van der Waals surface area contributed by atoms with Crippen LogP contribution < -0.4 is 16.0 Å². The lowest BCUT2D eigenvalue weighted by atomic mass is 9.94. The third-order valence-electron chi connectivity index (χ3n) is 11.6. The number of hydrogen-bond donors (Lipinski definition) is 5.